The molecule has 0 aromatic heterocycles. The second-order valence-corrected chi connectivity index (χ2v) is 6.08. The molecule has 2 saturated heterocycles. The van der Waals surface area contributed by atoms with Crippen molar-refractivity contribution in [2.24, 2.45) is 11.3 Å². The molecule has 0 aromatic carbocycles. The Morgan fingerprint density at radius 1 is 1.21 bits per heavy atom. The highest BCUT2D eigenvalue weighted by Crippen LogP contribution is 2.62. The molecule has 2 heterocycles. The van der Waals surface area contributed by atoms with Gasteiger partial charge in [0, 0.05) is 5.41 Å². The van der Waals surface area contributed by atoms with Gasteiger partial charge in [-0.05, 0) is 25.7 Å². The van der Waals surface area contributed by atoms with Gasteiger partial charge in [0.25, 0.3) is 0 Å². The summed E-state index contributed by atoms with van der Waals surface area (Å²) in [5.74, 6) is 0.469. The molecule has 1 N–H and O–H groups in total. The van der Waals surface area contributed by atoms with Gasteiger partial charge in [-0.25, -0.2) is 0 Å². The molecule has 82 valence electrons. The first-order valence-electron chi connectivity index (χ1n) is 5.64. The average Bonchev–Trinajstić information content (AvgIpc) is 2.49. The number of fused-ring (bicyclic) bond motifs is 2. The summed E-state index contributed by atoms with van der Waals surface area (Å²) in [6.45, 7) is 10.7. The van der Waals surface area contributed by atoms with Crippen molar-refractivity contribution < 1.29 is 9.84 Å². The average molecular weight is 198 g/mol. The molecule has 0 radical (unpaired) electrons. The van der Waals surface area contributed by atoms with Crippen LogP contribution >= 0.6 is 0 Å². The predicted octanol–water partition coefficient (Wildman–Crippen LogP) is 2.35. The van der Waals surface area contributed by atoms with Crippen molar-refractivity contribution in [2.45, 2.75) is 64.8 Å². The first-order valence-corrected chi connectivity index (χ1v) is 5.64. The van der Waals surface area contributed by atoms with E-state index in [-0.39, 0.29) is 22.7 Å². The van der Waals surface area contributed by atoms with Crippen molar-refractivity contribution in [3.8, 4) is 0 Å². The van der Waals surface area contributed by atoms with Crippen LogP contribution in [0.5, 0.6) is 0 Å². The highest BCUT2D eigenvalue weighted by Gasteiger charge is 2.69. The second kappa shape index (κ2) is 2.53. The molecule has 2 fully saturated rings. The molecule has 2 nitrogen and oxygen atoms in total. The van der Waals surface area contributed by atoms with E-state index in [4.69, 9.17) is 4.74 Å². The molecule has 0 aliphatic carbocycles. The molecule has 0 spiro atoms. The minimum atomic E-state index is -0.328. The van der Waals surface area contributed by atoms with Crippen LogP contribution in [0.2, 0.25) is 0 Å². The maximum atomic E-state index is 10.3. The molecule has 3 atom stereocenters. The third-order valence-electron chi connectivity index (χ3n) is 4.69. The van der Waals surface area contributed by atoms with Crippen LogP contribution in [0.1, 0.15) is 47.5 Å². The lowest BCUT2D eigenvalue weighted by Gasteiger charge is -2.45. The van der Waals surface area contributed by atoms with Gasteiger partial charge in [-0.1, -0.05) is 27.7 Å². The van der Waals surface area contributed by atoms with Gasteiger partial charge in [0.05, 0.1) is 17.3 Å². The van der Waals surface area contributed by atoms with Gasteiger partial charge in [-0.3, -0.25) is 0 Å². The highest BCUT2D eigenvalue weighted by atomic mass is 16.6. The quantitative estimate of drug-likeness (QED) is 0.701. The van der Waals surface area contributed by atoms with Gasteiger partial charge < -0.3 is 9.84 Å². The summed E-state index contributed by atoms with van der Waals surface area (Å²) in [7, 11) is 0. The Hall–Kier alpha value is -0.0800. The van der Waals surface area contributed by atoms with Gasteiger partial charge in [0.15, 0.2) is 0 Å². The fraction of sp³-hybridized carbons (Fsp3) is 1.00. The van der Waals surface area contributed by atoms with E-state index < -0.39 is 0 Å². The Balaban J connectivity index is 2.46. The Morgan fingerprint density at radius 3 is 2.07 bits per heavy atom. The number of hydrogen-bond acceptors (Lipinski definition) is 2. The van der Waals surface area contributed by atoms with Crippen LogP contribution in [0, 0.1) is 11.3 Å². The lowest BCUT2D eigenvalue weighted by molar-refractivity contribution is -0.0961. The second-order valence-electron chi connectivity index (χ2n) is 6.08. The van der Waals surface area contributed by atoms with Crippen molar-refractivity contribution in [2.75, 3.05) is 0 Å². The molecule has 2 heteroatoms. The molecule has 2 rings (SSSR count). The van der Waals surface area contributed by atoms with Crippen LogP contribution < -0.4 is 0 Å². The largest absolute Gasteiger partial charge is 0.389 e. The summed E-state index contributed by atoms with van der Waals surface area (Å²) < 4.78 is 6.19. The summed E-state index contributed by atoms with van der Waals surface area (Å²) in [5, 5.41) is 10.3. The number of hydrogen-bond donors (Lipinski definition) is 1. The minimum Gasteiger partial charge on any atom is -0.389 e. The third kappa shape index (κ3) is 0.892. The van der Waals surface area contributed by atoms with Crippen LogP contribution in [0.25, 0.3) is 0 Å². The number of aliphatic hydroxyl groups excluding tert-OH is 1. The van der Waals surface area contributed by atoms with Crippen LogP contribution in [0.15, 0.2) is 0 Å². The van der Waals surface area contributed by atoms with Gasteiger partial charge in [0.2, 0.25) is 0 Å². The Morgan fingerprint density at radius 2 is 1.79 bits per heavy atom. The first kappa shape index (κ1) is 10.4. The highest BCUT2D eigenvalue weighted by molar-refractivity contribution is 5.18. The molecular weight excluding hydrogens is 176 g/mol. The Kier molecular flexibility index (Phi) is 1.89. The van der Waals surface area contributed by atoms with Crippen LogP contribution in [0.3, 0.4) is 0 Å². The normalized spacial score (nSPS) is 50.4. The summed E-state index contributed by atoms with van der Waals surface area (Å²) >= 11 is 0. The summed E-state index contributed by atoms with van der Waals surface area (Å²) in [4.78, 5) is 0. The molecule has 0 saturated carbocycles. The minimum absolute atomic E-state index is 0.110. The third-order valence-corrected chi connectivity index (χ3v) is 4.69. The fourth-order valence-corrected chi connectivity index (χ4v) is 3.74. The van der Waals surface area contributed by atoms with E-state index in [9.17, 15) is 5.11 Å². The van der Waals surface area contributed by atoms with Gasteiger partial charge in [-0.15, -0.1) is 0 Å². The Labute approximate surface area is 86.6 Å². The summed E-state index contributed by atoms with van der Waals surface area (Å²) in [5.41, 5.74) is -0.525. The van der Waals surface area contributed by atoms with Crippen molar-refractivity contribution in [1.29, 1.82) is 0 Å². The predicted molar refractivity (Wildman–Crippen MR) is 56.1 cm³/mol. The number of aliphatic hydroxyl groups is 1. The van der Waals surface area contributed by atoms with E-state index >= 15 is 0 Å². The van der Waals surface area contributed by atoms with Gasteiger partial charge in [0.1, 0.15) is 0 Å². The number of rotatable bonds is 1. The molecule has 0 amide bonds. The van der Waals surface area contributed by atoms with E-state index in [0.29, 0.717) is 5.92 Å². The zero-order valence-corrected chi connectivity index (χ0v) is 9.92. The monoisotopic (exact) mass is 198 g/mol. The van der Waals surface area contributed by atoms with Crippen molar-refractivity contribution in [3.63, 3.8) is 0 Å². The molecule has 2 aliphatic rings. The molecule has 0 aromatic rings. The fourth-order valence-electron chi connectivity index (χ4n) is 3.74. The zero-order chi connectivity index (χ0) is 10.8. The van der Waals surface area contributed by atoms with E-state index in [1.807, 2.05) is 0 Å². The lowest BCUT2D eigenvalue weighted by atomic mass is 9.60. The summed E-state index contributed by atoms with van der Waals surface area (Å²) in [6.07, 6.45) is 1.76. The van der Waals surface area contributed by atoms with E-state index in [1.165, 1.54) is 0 Å². The molecular formula is C12H22O2. The van der Waals surface area contributed by atoms with Crippen LogP contribution in [-0.4, -0.2) is 22.4 Å². The van der Waals surface area contributed by atoms with Crippen molar-refractivity contribution >= 4 is 0 Å². The van der Waals surface area contributed by atoms with Crippen molar-refractivity contribution in [1.82, 2.24) is 0 Å². The molecule has 0 unspecified atom stereocenters. The Bertz CT molecular complexity index is 259. The smallest absolute Gasteiger partial charge is 0.0927 e. The SMILES string of the molecule is CC(C)[C@@]12CC[C@@](C)(O1)[C@@H](O)C2(C)C. The lowest BCUT2D eigenvalue weighted by Crippen LogP contribution is -2.52. The van der Waals surface area contributed by atoms with E-state index in [0.717, 1.165) is 12.8 Å². The van der Waals surface area contributed by atoms with E-state index in [1.54, 1.807) is 0 Å². The standard InChI is InChI=1S/C12H22O2/c1-8(2)12-7-6-11(5,14-12)9(13)10(12,3)4/h8-9,13H,6-7H2,1-5H3/t9-,11+,12+/m0/s1. The first-order chi connectivity index (χ1) is 6.26. The zero-order valence-electron chi connectivity index (χ0n) is 9.92. The van der Waals surface area contributed by atoms with Crippen LogP contribution in [-0.2, 0) is 4.74 Å². The van der Waals surface area contributed by atoms with Crippen molar-refractivity contribution in [3.05, 3.63) is 0 Å². The van der Waals surface area contributed by atoms with Gasteiger partial charge >= 0.3 is 0 Å². The van der Waals surface area contributed by atoms with Gasteiger partial charge in [-0.2, -0.15) is 0 Å². The maximum absolute atomic E-state index is 10.3. The number of ether oxygens (including phenoxy) is 1. The molecule has 2 bridgehead atoms. The topological polar surface area (TPSA) is 29.5 Å². The van der Waals surface area contributed by atoms with E-state index in [2.05, 4.69) is 34.6 Å². The summed E-state index contributed by atoms with van der Waals surface area (Å²) in [6, 6.07) is 0. The molecule has 14 heavy (non-hydrogen) atoms. The molecule has 2 aliphatic heterocycles. The maximum Gasteiger partial charge on any atom is 0.0927 e. The van der Waals surface area contributed by atoms with Crippen LogP contribution in [0.4, 0.5) is 0 Å².